The van der Waals surface area contributed by atoms with E-state index in [1.54, 1.807) is 0 Å². The summed E-state index contributed by atoms with van der Waals surface area (Å²) in [6, 6.07) is 0. The second-order valence-electron chi connectivity index (χ2n) is 12.2. The van der Waals surface area contributed by atoms with E-state index in [2.05, 4.69) is 60.7 Å². The van der Waals surface area contributed by atoms with E-state index in [0.29, 0.717) is 0 Å². The first-order valence-electron chi connectivity index (χ1n) is 14.2. The Labute approximate surface area is 215 Å². The summed E-state index contributed by atoms with van der Waals surface area (Å²) in [5.41, 5.74) is 5.46. The standard InChI is InChI=1S/C31H53NO3/c1-21(2)12-9-13-22(3)14-10-15-23(4)16-11-18-31(8)19-17-27-26(7)29(32-20-28(33)34)24(5)25(6)30(27)35-31/h21-23,32H,9-20H2,1-8H3,(H,33,34). The van der Waals surface area contributed by atoms with Crippen LogP contribution in [0.15, 0.2) is 0 Å². The van der Waals surface area contributed by atoms with Crippen molar-refractivity contribution in [2.24, 2.45) is 17.8 Å². The number of hydrogen-bond acceptors (Lipinski definition) is 3. The molecule has 0 saturated heterocycles. The van der Waals surface area contributed by atoms with Gasteiger partial charge in [-0.1, -0.05) is 72.6 Å². The van der Waals surface area contributed by atoms with Crippen molar-refractivity contribution in [2.75, 3.05) is 11.9 Å². The Morgan fingerprint density at radius 1 is 0.914 bits per heavy atom. The number of carboxylic acids is 1. The van der Waals surface area contributed by atoms with Crippen molar-refractivity contribution < 1.29 is 14.6 Å². The van der Waals surface area contributed by atoms with E-state index in [4.69, 9.17) is 9.84 Å². The quantitative estimate of drug-likeness (QED) is 0.260. The molecule has 0 bridgehead atoms. The number of hydrogen-bond donors (Lipinski definition) is 2. The predicted molar refractivity (Wildman–Crippen MR) is 149 cm³/mol. The van der Waals surface area contributed by atoms with Crippen LogP contribution in [-0.2, 0) is 11.2 Å². The van der Waals surface area contributed by atoms with Gasteiger partial charge in [-0.3, -0.25) is 4.79 Å². The van der Waals surface area contributed by atoms with Crippen molar-refractivity contribution in [2.45, 2.75) is 132 Å². The number of benzene rings is 1. The number of aliphatic carboxylic acids is 1. The molecule has 2 N–H and O–H groups in total. The lowest BCUT2D eigenvalue weighted by molar-refractivity contribution is -0.134. The molecule has 0 fully saturated rings. The highest BCUT2D eigenvalue weighted by Gasteiger charge is 2.34. The third-order valence-corrected chi connectivity index (χ3v) is 8.32. The maximum atomic E-state index is 11.1. The average Bonchev–Trinajstić information content (AvgIpc) is 2.77. The molecule has 0 aliphatic carbocycles. The van der Waals surface area contributed by atoms with Gasteiger partial charge in [-0.15, -0.1) is 0 Å². The third kappa shape index (κ3) is 9.03. The summed E-state index contributed by atoms with van der Waals surface area (Å²) in [5, 5.41) is 12.2. The lowest BCUT2D eigenvalue weighted by Gasteiger charge is -2.38. The van der Waals surface area contributed by atoms with Crippen LogP contribution >= 0.6 is 0 Å². The summed E-state index contributed by atoms with van der Waals surface area (Å²) in [7, 11) is 0. The van der Waals surface area contributed by atoms with E-state index in [0.717, 1.165) is 65.1 Å². The van der Waals surface area contributed by atoms with Gasteiger partial charge in [0.1, 0.15) is 17.9 Å². The molecule has 0 aromatic heterocycles. The molecule has 0 radical (unpaired) electrons. The van der Waals surface area contributed by atoms with Crippen LogP contribution in [0.3, 0.4) is 0 Å². The summed E-state index contributed by atoms with van der Waals surface area (Å²) in [6.45, 7) is 18.0. The van der Waals surface area contributed by atoms with E-state index in [9.17, 15) is 4.79 Å². The van der Waals surface area contributed by atoms with Crippen LogP contribution in [0.2, 0.25) is 0 Å². The van der Waals surface area contributed by atoms with Crippen molar-refractivity contribution >= 4 is 11.7 Å². The first-order chi connectivity index (χ1) is 16.4. The molecule has 1 aliphatic heterocycles. The lowest BCUT2D eigenvalue weighted by Crippen LogP contribution is -2.37. The number of ether oxygens (including phenoxy) is 1. The molecule has 3 unspecified atom stereocenters. The van der Waals surface area contributed by atoms with Crippen molar-refractivity contribution in [3.05, 3.63) is 22.3 Å². The highest BCUT2D eigenvalue weighted by Crippen LogP contribution is 2.44. The number of nitrogens with one attached hydrogen (secondary N) is 1. The zero-order valence-electron chi connectivity index (χ0n) is 24.0. The first kappa shape index (κ1) is 29.5. The Kier molecular flexibility index (Phi) is 11.4. The molecule has 200 valence electrons. The molecule has 1 aromatic rings. The van der Waals surface area contributed by atoms with Crippen LogP contribution in [0.25, 0.3) is 0 Å². The van der Waals surface area contributed by atoms with Crippen molar-refractivity contribution in [3.63, 3.8) is 0 Å². The molecule has 1 aliphatic rings. The fourth-order valence-corrected chi connectivity index (χ4v) is 5.72. The maximum absolute atomic E-state index is 11.1. The second kappa shape index (κ2) is 13.6. The molecule has 2 rings (SSSR count). The minimum absolute atomic E-state index is 0.0618. The molecule has 35 heavy (non-hydrogen) atoms. The Bertz CT molecular complexity index is 831. The van der Waals surface area contributed by atoms with E-state index in [-0.39, 0.29) is 12.1 Å². The van der Waals surface area contributed by atoms with Gasteiger partial charge >= 0.3 is 5.97 Å². The monoisotopic (exact) mass is 487 g/mol. The van der Waals surface area contributed by atoms with Crippen molar-refractivity contribution in [3.8, 4) is 5.75 Å². The summed E-state index contributed by atoms with van der Waals surface area (Å²) >= 11 is 0. The number of carboxylic acid groups (broad SMARTS) is 1. The van der Waals surface area contributed by atoms with Crippen LogP contribution in [0.5, 0.6) is 5.75 Å². The average molecular weight is 488 g/mol. The summed E-state index contributed by atoms with van der Waals surface area (Å²) in [4.78, 5) is 11.1. The minimum atomic E-state index is -0.839. The minimum Gasteiger partial charge on any atom is -0.487 e. The molecule has 4 nitrogen and oxygen atoms in total. The van der Waals surface area contributed by atoms with Crippen LogP contribution in [0, 0.1) is 38.5 Å². The van der Waals surface area contributed by atoms with E-state index in [1.165, 1.54) is 56.9 Å². The first-order valence-corrected chi connectivity index (χ1v) is 14.2. The number of fused-ring (bicyclic) bond motifs is 1. The summed E-state index contributed by atoms with van der Waals surface area (Å²) in [5.74, 6) is 2.68. The topological polar surface area (TPSA) is 58.6 Å². The van der Waals surface area contributed by atoms with Crippen molar-refractivity contribution in [1.29, 1.82) is 0 Å². The molecule has 0 amide bonds. The van der Waals surface area contributed by atoms with Crippen LogP contribution in [-0.4, -0.2) is 23.2 Å². The van der Waals surface area contributed by atoms with Gasteiger partial charge in [0.05, 0.1) is 0 Å². The van der Waals surface area contributed by atoms with Crippen LogP contribution < -0.4 is 10.1 Å². The predicted octanol–water partition coefficient (Wildman–Crippen LogP) is 8.63. The molecule has 0 spiro atoms. The molecular weight excluding hydrogens is 434 g/mol. The molecule has 1 aromatic carbocycles. The molecular formula is C31H53NO3. The highest BCUT2D eigenvalue weighted by molar-refractivity contribution is 5.76. The van der Waals surface area contributed by atoms with Gasteiger partial charge in [-0.2, -0.15) is 0 Å². The molecule has 1 heterocycles. The molecule has 3 atom stereocenters. The SMILES string of the molecule is Cc1c(C)c2c(c(C)c1NCC(=O)O)CCC(C)(CCCC(C)CCCC(C)CCCC(C)C)O2. The Balaban J connectivity index is 1.83. The lowest BCUT2D eigenvalue weighted by atomic mass is 9.83. The fraction of sp³-hybridized carbons (Fsp3) is 0.774. The highest BCUT2D eigenvalue weighted by atomic mass is 16.5. The second-order valence-corrected chi connectivity index (χ2v) is 12.2. The van der Waals surface area contributed by atoms with Crippen LogP contribution in [0.4, 0.5) is 5.69 Å². The van der Waals surface area contributed by atoms with Gasteiger partial charge in [0.15, 0.2) is 0 Å². The number of carbonyl (C=O) groups is 1. The van der Waals surface area contributed by atoms with Gasteiger partial charge < -0.3 is 15.2 Å². The normalized spacial score (nSPS) is 19.2. The van der Waals surface area contributed by atoms with E-state index >= 15 is 0 Å². The van der Waals surface area contributed by atoms with Gasteiger partial charge in [-0.25, -0.2) is 0 Å². The number of anilines is 1. The van der Waals surface area contributed by atoms with Gasteiger partial charge in [0, 0.05) is 5.69 Å². The Morgan fingerprint density at radius 3 is 2.06 bits per heavy atom. The smallest absolute Gasteiger partial charge is 0.322 e. The largest absolute Gasteiger partial charge is 0.487 e. The zero-order valence-corrected chi connectivity index (χ0v) is 24.0. The van der Waals surface area contributed by atoms with E-state index in [1.807, 2.05) is 0 Å². The van der Waals surface area contributed by atoms with Crippen molar-refractivity contribution in [1.82, 2.24) is 0 Å². The zero-order chi connectivity index (χ0) is 26.2. The third-order valence-electron chi connectivity index (χ3n) is 8.32. The fourth-order valence-electron chi connectivity index (χ4n) is 5.72. The van der Waals surface area contributed by atoms with Gasteiger partial charge in [-0.05, 0) is 93.4 Å². The van der Waals surface area contributed by atoms with Gasteiger partial charge in [0.25, 0.3) is 0 Å². The summed E-state index contributed by atoms with van der Waals surface area (Å²) in [6.07, 6.45) is 13.8. The molecule has 4 heteroatoms. The van der Waals surface area contributed by atoms with Gasteiger partial charge in [0.2, 0.25) is 0 Å². The number of rotatable bonds is 15. The van der Waals surface area contributed by atoms with E-state index < -0.39 is 5.97 Å². The Hall–Kier alpha value is -1.71. The van der Waals surface area contributed by atoms with Crippen LogP contribution in [0.1, 0.15) is 121 Å². The Morgan fingerprint density at radius 2 is 1.49 bits per heavy atom. The summed E-state index contributed by atoms with van der Waals surface area (Å²) < 4.78 is 6.70. The maximum Gasteiger partial charge on any atom is 0.322 e. The molecule has 0 saturated carbocycles.